The fourth-order valence-corrected chi connectivity index (χ4v) is 1.66. The van der Waals surface area contributed by atoms with Gasteiger partial charge < -0.3 is 14.8 Å². The monoisotopic (exact) mass is 248 g/mol. The number of carbonyl (C=O) groups is 2. The van der Waals surface area contributed by atoms with Crippen LogP contribution in [0.25, 0.3) is 6.08 Å². The molecule has 3 amide bonds. The van der Waals surface area contributed by atoms with Crippen molar-refractivity contribution in [3.8, 4) is 11.5 Å². The van der Waals surface area contributed by atoms with Gasteiger partial charge in [0.25, 0.3) is 5.91 Å². The zero-order valence-corrected chi connectivity index (χ0v) is 9.94. The van der Waals surface area contributed by atoms with Gasteiger partial charge in [-0.2, -0.15) is 0 Å². The maximum absolute atomic E-state index is 11.4. The second-order valence-corrected chi connectivity index (χ2v) is 3.55. The van der Waals surface area contributed by atoms with Gasteiger partial charge in [0, 0.05) is 5.56 Å². The van der Waals surface area contributed by atoms with Crippen molar-refractivity contribution in [2.24, 2.45) is 0 Å². The third-order valence-electron chi connectivity index (χ3n) is 2.45. The fraction of sp³-hybridized carbons (Fsp3) is 0.167. The summed E-state index contributed by atoms with van der Waals surface area (Å²) in [5.74, 6) is 0.586. The molecule has 1 aromatic rings. The van der Waals surface area contributed by atoms with Crippen LogP contribution in [0.3, 0.4) is 0 Å². The molecule has 2 rings (SSSR count). The highest BCUT2D eigenvalue weighted by atomic mass is 16.5. The Hall–Kier alpha value is -2.50. The summed E-state index contributed by atoms with van der Waals surface area (Å²) in [6, 6.07) is 4.73. The Morgan fingerprint density at radius 2 is 1.89 bits per heavy atom. The number of ether oxygens (including phenoxy) is 2. The number of amides is 3. The van der Waals surface area contributed by atoms with Gasteiger partial charge in [-0.1, -0.05) is 12.1 Å². The molecule has 0 spiro atoms. The van der Waals surface area contributed by atoms with E-state index >= 15 is 0 Å². The molecule has 0 unspecified atom stereocenters. The smallest absolute Gasteiger partial charge is 0.326 e. The third kappa shape index (κ3) is 2.13. The van der Waals surface area contributed by atoms with Crippen LogP contribution in [0.5, 0.6) is 11.5 Å². The maximum Gasteiger partial charge on any atom is 0.326 e. The first-order valence-corrected chi connectivity index (χ1v) is 5.20. The van der Waals surface area contributed by atoms with Crippen molar-refractivity contribution in [2.45, 2.75) is 0 Å². The average molecular weight is 248 g/mol. The van der Waals surface area contributed by atoms with Crippen molar-refractivity contribution >= 4 is 18.0 Å². The van der Waals surface area contributed by atoms with Gasteiger partial charge >= 0.3 is 6.03 Å². The van der Waals surface area contributed by atoms with E-state index in [9.17, 15) is 9.59 Å². The van der Waals surface area contributed by atoms with Gasteiger partial charge in [-0.15, -0.1) is 0 Å². The Morgan fingerprint density at radius 1 is 1.11 bits per heavy atom. The lowest BCUT2D eigenvalue weighted by atomic mass is 10.1. The highest BCUT2D eigenvalue weighted by Gasteiger charge is 2.23. The Bertz CT molecular complexity index is 537. The normalized spacial score (nSPS) is 16.4. The quantitative estimate of drug-likeness (QED) is 0.615. The first-order chi connectivity index (χ1) is 8.65. The summed E-state index contributed by atoms with van der Waals surface area (Å²) in [4.78, 5) is 22.4. The van der Waals surface area contributed by atoms with Crippen molar-refractivity contribution in [3.05, 3.63) is 29.5 Å². The molecule has 0 aliphatic carbocycles. The molecule has 2 N–H and O–H groups in total. The molecule has 0 aromatic heterocycles. The van der Waals surface area contributed by atoms with Gasteiger partial charge in [0.15, 0.2) is 11.5 Å². The Kier molecular flexibility index (Phi) is 3.18. The molecular weight excluding hydrogens is 236 g/mol. The van der Waals surface area contributed by atoms with Crippen LogP contribution in [0.4, 0.5) is 4.79 Å². The summed E-state index contributed by atoms with van der Waals surface area (Å²) in [5, 5.41) is 4.53. The number of carbonyl (C=O) groups excluding carboxylic acids is 2. The van der Waals surface area contributed by atoms with E-state index in [-0.39, 0.29) is 5.70 Å². The highest BCUT2D eigenvalue weighted by Crippen LogP contribution is 2.32. The van der Waals surface area contributed by atoms with Crippen molar-refractivity contribution in [3.63, 3.8) is 0 Å². The molecule has 6 nitrogen and oxygen atoms in total. The van der Waals surface area contributed by atoms with Gasteiger partial charge in [0.1, 0.15) is 5.70 Å². The summed E-state index contributed by atoms with van der Waals surface area (Å²) < 4.78 is 10.4. The first kappa shape index (κ1) is 12.0. The fourth-order valence-electron chi connectivity index (χ4n) is 1.66. The van der Waals surface area contributed by atoms with Crippen LogP contribution in [0.2, 0.25) is 0 Å². The van der Waals surface area contributed by atoms with Crippen LogP contribution in [0, 0.1) is 0 Å². The minimum absolute atomic E-state index is 0.173. The number of hydrogen-bond donors (Lipinski definition) is 2. The molecule has 0 bridgehead atoms. The van der Waals surface area contributed by atoms with Gasteiger partial charge in [-0.3, -0.25) is 10.1 Å². The molecule has 1 aliphatic rings. The SMILES string of the molecule is COc1cccc(/C=C2\NC(=O)NC2=O)c1OC. The minimum Gasteiger partial charge on any atom is -0.493 e. The topological polar surface area (TPSA) is 76.7 Å². The van der Waals surface area contributed by atoms with E-state index in [1.165, 1.54) is 20.3 Å². The van der Waals surface area contributed by atoms with E-state index < -0.39 is 11.9 Å². The predicted molar refractivity (Wildman–Crippen MR) is 64.2 cm³/mol. The average Bonchev–Trinajstić information content (AvgIpc) is 2.67. The Morgan fingerprint density at radius 3 is 2.44 bits per heavy atom. The molecule has 94 valence electrons. The summed E-state index contributed by atoms with van der Waals surface area (Å²) in [5.41, 5.74) is 0.816. The molecule has 1 aromatic carbocycles. The lowest BCUT2D eigenvalue weighted by Crippen LogP contribution is -2.22. The highest BCUT2D eigenvalue weighted by molar-refractivity contribution is 6.14. The second-order valence-electron chi connectivity index (χ2n) is 3.55. The summed E-state index contributed by atoms with van der Waals surface area (Å²) in [6.07, 6.45) is 1.53. The third-order valence-corrected chi connectivity index (χ3v) is 2.45. The number of rotatable bonds is 3. The van der Waals surface area contributed by atoms with E-state index in [0.29, 0.717) is 17.1 Å². The van der Waals surface area contributed by atoms with Crippen LogP contribution in [-0.4, -0.2) is 26.2 Å². The van der Waals surface area contributed by atoms with Crippen LogP contribution < -0.4 is 20.1 Å². The molecular formula is C12H12N2O4. The lowest BCUT2D eigenvalue weighted by molar-refractivity contribution is -0.115. The van der Waals surface area contributed by atoms with Gasteiger partial charge in [-0.05, 0) is 12.1 Å². The number of urea groups is 1. The molecule has 1 aliphatic heterocycles. The van der Waals surface area contributed by atoms with E-state index in [4.69, 9.17) is 9.47 Å². The molecule has 0 radical (unpaired) electrons. The summed E-state index contributed by atoms with van der Waals surface area (Å²) in [7, 11) is 3.03. The number of imide groups is 1. The zero-order valence-electron chi connectivity index (χ0n) is 9.94. The maximum atomic E-state index is 11.4. The standard InChI is InChI=1S/C12H12N2O4/c1-17-9-5-3-4-7(10(9)18-2)6-8-11(15)14-12(16)13-8/h3-6H,1-2H3,(H2,13,14,15,16)/b8-6-. The van der Waals surface area contributed by atoms with Crippen LogP contribution in [-0.2, 0) is 4.79 Å². The van der Waals surface area contributed by atoms with Crippen molar-refractivity contribution in [1.82, 2.24) is 10.6 Å². The van der Waals surface area contributed by atoms with E-state index in [2.05, 4.69) is 10.6 Å². The van der Waals surface area contributed by atoms with Crippen molar-refractivity contribution in [2.75, 3.05) is 14.2 Å². The number of hydrogen-bond acceptors (Lipinski definition) is 4. The Labute approximate surface area is 104 Å². The van der Waals surface area contributed by atoms with Gasteiger partial charge in [0.05, 0.1) is 14.2 Å². The molecule has 6 heteroatoms. The van der Waals surface area contributed by atoms with E-state index in [0.717, 1.165) is 0 Å². The number of para-hydroxylation sites is 1. The molecule has 0 saturated carbocycles. The molecule has 1 saturated heterocycles. The second kappa shape index (κ2) is 4.79. The molecule has 1 heterocycles. The van der Waals surface area contributed by atoms with Crippen LogP contribution in [0.15, 0.2) is 23.9 Å². The zero-order chi connectivity index (χ0) is 13.1. The number of nitrogens with one attached hydrogen (secondary N) is 2. The lowest BCUT2D eigenvalue weighted by Gasteiger charge is -2.10. The first-order valence-electron chi connectivity index (χ1n) is 5.20. The predicted octanol–water partition coefficient (Wildman–Crippen LogP) is 0.884. The van der Waals surface area contributed by atoms with Crippen molar-refractivity contribution < 1.29 is 19.1 Å². The molecule has 0 atom stereocenters. The summed E-state index contributed by atoms with van der Waals surface area (Å²) >= 11 is 0. The van der Waals surface area contributed by atoms with Crippen LogP contribution in [0.1, 0.15) is 5.56 Å². The van der Waals surface area contributed by atoms with Crippen molar-refractivity contribution in [1.29, 1.82) is 0 Å². The Balaban J connectivity index is 2.43. The van der Waals surface area contributed by atoms with E-state index in [1.54, 1.807) is 18.2 Å². The number of methoxy groups -OCH3 is 2. The number of benzene rings is 1. The van der Waals surface area contributed by atoms with Gasteiger partial charge in [0.2, 0.25) is 0 Å². The largest absolute Gasteiger partial charge is 0.493 e. The van der Waals surface area contributed by atoms with Gasteiger partial charge in [-0.25, -0.2) is 4.79 Å². The molecule has 18 heavy (non-hydrogen) atoms. The van der Waals surface area contributed by atoms with E-state index in [1.807, 2.05) is 0 Å². The summed E-state index contributed by atoms with van der Waals surface area (Å²) in [6.45, 7) is 0. The van der Waals surface area contributed by atoms with Crippen LogP contribution >= 0.6 is 0 Å². The molecule has 1 fully saturated rings. The minimum atomic E-state index is -0.534.